The molecule has 1 atom stereocenters. The van der Waals surface area contributed by atoms with Crippen molar-refractivity contribution < 1.29 is 32.2 Å². The van der Waals surface area contributed by atoms with Crippen molar-refractivity contribution in [2.75, 3.05) is 13.7 Å². The highest BCUT2D eigenvalue weighted by Crippen LogP contribution is 2.19. The van der Waals surface area contributed by atoms with Gasteiger partial charge in [-0.2, -0.15) is 13.2 Å². The molecular weight excluding hydrogens is 205 g/mol. The molecule has 0 N–H and O–H groups in total. The van der Waals surface area contributed by atoms with Gasteiger partial charge in [-0.25, -0.2) is 4.79 Å². The maximum Gasteiger partial charge on any atom is 0.453 e. The minimum Gasteiger partial charge on any atom is -0.464 e. The summed E-state index contributed by atoms with van der Waals surface area (Å²) in [5.74, 6) is -3.60. The molecule has 0 rings (SSSR count). The molecule has 0 radical (unpaired) electrons. The first-order chi connectivity index (χ1) is 6.34. The third-order valence-corrected chi connectivity index (χ3v) is 1.25. The lowest BCUT2D eigenvalue weighted by molar-refractivity contribution is -0.188. The van der Waals surface area contributed by atoms with E-state index >= 15 is 0 Å². The number of carbonyl (C=O) groups is 2. The molecule has 7 heteroatoms. The molecule has 0 aliphatic carbocycles. The fraction of sp³-hybridized carbons (Fsp3) is 0.714. The average Bonchev–Trinajstić information content (AvgIpc) is 2.04. The van der Waals surface area contributed by atoms with E-state index < -0.39 is 24.0 Å². The second kappa shape index (κ2) is 4.94. The number of Topliss-reactive ketones (excluding diaryl/α,β-unsaturated/α-hetero) is 1. The Morgan fingerprint density at radius 1 is 1.36 bits per heavy atom. The number of esters is 1. The van der Waals surface area contributed by atoms with E-state index in [1.54, 1.807) is 0 Å². The third-order valence-electron chi connectivity index (χ3n) is 1.25. The van der Waals surface area contributed by atoms with Crippen molar-refractivity contribution in [3.8, 4) is 0 Å². The van der Waals surface area contributed by atoms with Crippen LogP contribution < -0.4 is 0 Å². The first-order valence-corrected chi connectivity index (χ1v) is 3.65. The van der Waals surface area contributed by atoms with E-state index in [-0.39, 0.29) is 6.61 Å². The lowest BCUT2D eigenvalue weighted by Crippen LogP contribution is -2.42. The molecule has 82 valence electrons. The van der Waals surface area contributed by atoms with Crippen molar-refractivity contribution in [3.63, 3.8) is 0 Å². The Kier molecular flexibility index (Phi) is 4.55. The largest absolute Gasteiger partial charge is 0.464 e. The Hall–Kier alpha value is -1.11. The fourth-order valence-corrected chi connectivity index (χ4v) is 0.677. The number of rotatable bonds is 4. The van der Waals surface area contributed by atoms with Gasteiger partial charge in [-0.1, -0.05) is 0 Å². The first kappa shape index (κ1) is 12.9. The summed E-state index contributed by atoms with van der Waals surface area (Å²) in [7, 11) is 0.825. The maximum absolute atomic E-state index is 11.8. The van der Waals surface area contributed by atoms with Gasteiger partial charge in [-0.05, 0) is 6.92 Å². The highest BCUT2D eigenvalue weighted by molar-refractivity contribution is 6.04. The van der Waals surface area contributed by atoms with Crippen LogP contribution >= 0.6 is 0 Å². The van der Waals surface area contributed by atoms with Crippen LogP contribution in [-0.2, 0) is 19.1 Å². The van der Waals surface area contributed by atoms with Gasteiger partial charge in [0.15, 0.2) is 0 Å². The van der Waals surface area contributed by atoms with E-state index in [0.717, 1.165) is 7.11 Å². The average molecular weight is 214 g/mol. The highest BCUT2D eigenvalue weighted by Gasteiger charge is 2.47. The van der Waals surface area contributed by atoms with Crippen molar-refractivity contribution in [1.82, 2.24) is 0 Å². The second-order valence-electron chi connectivity index (χ2n) is 2.23. The van der Waals surface area contributed by atoms with Gasteiger partial charge in [0.05, 0.1) is 6.61 Å². The molecule has 0 aliphatic rings. The molecule has 14 heavy (non-hydrogen) atoms. The Bertz CT molecular complexity index is 223. The summed E-state index contributed by atoms with van der Waals surface area (Å²) >= 11 is 0. The lowest BCUT2D eigenvalue weighted by atomic mass is 10.2. The smallest absolute Gasteiger partial charge is 0.453 e. The quantitative estimate of drug-likeness (QED) is 0.510. The summed E-state index contributed by atoms with van der Waals surface area (Å²) in [6.45, 7) is 1.28. The number of alkyl halides is 3. The van der Waals surface area contributed by atoms with Crippen LogP contribution in [0.25, 0.3) is 0 Å². The van der Waals surface area contributed by atoms with Crippen molar-refractivity contribution in [2.45, 2.75) is 19.2 Å². The van der Waals surface area contributed by atoms with E-state index in [4.69, 9.17) is 0 Å². The molecule has 0 unspecified atom stereocenters. The van der Waals surface area contributed by atoms with Gasteiger partial charge in [0.1, 0.15) is 0 Å². The van der Waals surface area contributed by atoms with E-state index in [9.17, 15) is 22.8 Å². The number of methoxy groups -OCH3 is 1. The summed E-state index contributed by atoms with van der Waals surface area (Å²) in [6.07, 6.45) is -7.33. The number of halogens is 3. The second-order valence-corrected chi connectivity index (χ2v) is 2.23. The van der Waals surface area contributed by atoms with Crippen LogP contribution in [0.2, 0.25) is 0 Å². The number of carbonyl (C=O) groups excluding carboxylic acids is 2. The van der Waals surface area contributed by atoms with Gasteiger partial charge in [-0.15, -0.1) is 0 Å². The van der Waals surface area contributed by atoms with E-state index in [1.807, 2.05) is 0 Å². The fourth-order valence-electron chi connectivity index (χ4n) is 0.677. The standard InChI is InChI=1S/C7H9F3O4/c1-3-14-6(12)4(13-2)5(11)7(8,9)10/h4H,3H2,1-2H3/t4-/m1/s1. The minimum atomic E-state index is -5.10. The highest BCUT2D eigenvalue weighted by atomic mass is 19.4. The monoisotopic (exact) mass is 214 g/mol. The van der Waals surface area contributed by atoms with Crippen LogP contribution in [0.5, 0.6) is 0 Å². The predicted molar refractivity (Wildman–Crippen MR) is 38.5 cm³/mol. The summed E-state index contributed by atoms with van der Waals surface area (Å²) in [5.41, 5.74) is 0. The van der Waals surface area contributed by atoms with Crippen molar-refractivity contribution in [1.29, 1.82) is 0 Å². The predicted octanol–water partition coefficient (Wildman–Crippen LogP) is 0.696. The summed E-state index contributed by atoms with van der Waals surface area (Å²) in [4.78, 5) is 21.4. The summed E-state index contributed by atoms with van der Waals surface area (Å²) < 4.78 is 43.9. The van der Waals surface area contributed by atoms with Crippen molar-refractivity contribution >= 4 is 11.8 Å². The number of ketones is 1. The molecule has 0 saturated carbocycles. The number of ether oxygens (including phenoxy) is 2. The SMILES string of the molecule is CCOC(=O)[C@H](OC)C(=O)C(F)(F)F. The van der Waals surface area contributed by atoms with Crippen LogP contribution in [-0.4, -0.2) is 37.7 Å². The molecule has 0 aromatic carbocycles. The zero-order valence-corrected chi connectivity index (χ0v) is 7.55. The Morgan fingerprint density at radius 3 is 2.14 bits per heavy atom. The Labute approximate surface area is 78.0 Å². The van der Waals surface area contributed by atoms with Crippen LogP contribution in [0.15, 0.2) is 0 Å². The topological polar surface area (TPSA) is 52.6 Å². The third kappa shape index (κ3) is 3.33. The molecule has 0 aromatic heterocycles. The molecule has 0 fully saturated rings. The van der Waals surface area contributed by atoms with E-state index in [0.29, 0.717) is 0 Å². The van der Waals surface area contributed by atoms with Crippen LogP contribution in [0.4, 0.5) is 13.2 Å². The van der Waals surface area contributed by atoms with E-state index in [1.165, 1.54) is 6.92 Å². The normalized spacial score (nSPS) is 13.5. The van der Waals surface area contributed by atoms with Gasteiger partial charge < -0.3 is 9.47 Å². The molecule has 0 heterocycles. The first-order valence-electron chi connectivity index (χ1n) is 3.65. The number of hydrogen-bond acceptors (Lipinski definition) is 4. The van der Waals surface area contributed by atoms with Gasteiger partial charge in [0.25, 0.3) is 5.78 Å². The molecule has 0 aromatic rings. The molecule has 0 bridgehead atoms. The summed E-state index contributed by atoms with van der Waals surface area (Å²) in [5, 5.41) is 0. The molecular formula is C7H9F3O4. The van der Waals surface area contributed by atoms with Crippen LogP contribution in [0.3, 0.4) is 0 Å². The van der Waals surface area contributed by atoms with Crippen LogP contribution in [0.1, 0.15) is 6.92 Å². The van der Waals surface area contributed by atoms with Gasteiger partial charge in [0.2, 0.25) is 6.10 Å². The molecule has 4 nitrogen and oxygen atoms in total. The van der Waals surface area contributed by atoms with Gasteiger partial charge in [0, 0.05) is 7.11 Å². The Balaban J connectivity index is 4.57. The zero-order chi connectivity index (χ0) is 11.4. The molecule has 0 amide bonds. The number of hydrogen-bond donors (Lipinski definition) is 0. The zero-order valence-electron chi connectivity index (χ0n) is 7.55. The Morgan fingerprint density at radius 2 is 1.86 bits per heavy atom. The van der Waals surface area contributed by atoms with Crippen LogP contribution in [0, 0.1) is 0 Å². The van der Waals surface area contributed by atoms with Crippen molar-refractivity contribution in [3.05, 3.63) is 0 Å². The minimum absolute atomic E-state index is 0.121. The van der Waals surface area contributed by atoms with Gasteiger partial charge >= 0.3 is 12.1 Å². The van der Waals surface area contributed by atoms with Gasteiger partial charge in [-0.3, -0.25) is 4.79 Å². The maximum atomic E-state index is 11.8. The molecule has 0 spiro atoms. The molecule has 0 aliphatic heterocycles. The summed E-state index contributed by atoms with van der Waals surface area (Å²) in [6, 6.07) is 0. The van der Waals surface area contributed by atoms with E-state index in [2.05, 4.69) is 9.47 Å². The molecule has 0 saturated heterocycles. The van der Waals surface area contributed by atoms with Crippen molar-refractivity contribution in [2.24, 2.45) is 0 Å². The lowest BCUT2D eigenvalue weighted by Gasteiger charge is -2.13.